The lowest BCUT2D eigenvalue weighted by Crippen LogP contribution is -2.42. The summed E-state index contributed by atoms with van der Waals surface area (Å²) in [4.78, 5) is 22.6. The van der Waals surface area contributed by atoms with Crippen molar-refractivity contribution >= 4 is 44.0 Å². The molecule has 0 saturated carbocycles. The Morgan fingerprint density at radius 1 is 0.758 bits per heavy atom. The van der Waals surface area contributed by atoms with Crippen LogP contribution in [0.3, 0.4) is 0 Å². The van der Waals surface area contributed by atoms with Crippen LogP contribution in [0.5, 0.6) is 0 Å². The van der Waals surface area contributed by atoms with Gasteiger partial charge < -0.3 is 19.7 Å². The number of carbonyl (C=O) groups excluding carboxylic acids is 2. The van der Waals surface area contributed by atoms with Crippen molar-refractivity contribution in [3.05, 3.63) is 48.5 Å². The quantitative estimate of drug-likeness (QED) is 0.589. The second kappa shape index (κ2) is 10.2. The fourth-order valence-electron chi connectivity index (χ4n) is 3.52. The van der Waals surface area contributed by atoms with Crippen molar-refractivity contribution in [3.8, 4) is 0 Å². The average molecular weight is 495 g/mol. The van der Waals surface area contributed by atoms with Crippen LogP contribution in [0, 0.1) is 0 Å². The van der Waals surface area contributed by atoms with Crippen molar-refractivity contribution in [3.63, 3.8) is 0 Å². The van der Waals surface area contributed by atoms with Gasteiger partial charge >= 0.3 is 0 Å². The maximum atomic E-state index is 13.2. The molecule has 2 aromatic carbocycles. The van der Waals surface area contributed by atoms with Crippen molar-refractivity contribution in [2.45, 2.75) is 30.1 Å². The maximum absolute atomic E-state index is 13.2. The molecule has 0 bridgehead atoms. The molecule has 1 saturated heterocycles. The topological polar surface area (TPSA) is 145 Å². The lowest BCUT2D eigenvalue weighted by Gasteiger charge is -2.27. The van der Waals surface area contributed by atoms with E-state index in [1.807, 2.05) is 0 Å². The van der Waals surface area contributed by atoms with E-state index in [1.165, 1.54) is 58.9 Å². The molecule has 12 heteroatoms. The van der Waals surface area contributed by atoms with E-state index in [0.717, 1.165) is 0 Å². The van der Waals surface area contributed by atoms with Crippen LogP contribution >= 0.6 is 0 Å². The Kier molecular flexibility index (Phi) is 7.77. The normalized spacial score (nSPS) is 19.0. The number of sulfonamides is 2. The smallest absolute Gasteiger partial charge is 0.221 e. The number of carbonyl (C=O) groups is 2. The van der Waals surface area contributed by atoms with Gasteiger partial charge in [0.2, 0.25) is 11.8 Å². The minimum atomic E-state index is -3.88. The summed E-state index contributed by atoms with van der Waals surface area (Å²) >= 11 is 0. The Balaban J connectivity index is 1.77. The molecule has 0 aromatic heterocycles. The molecule has 0 aliphatic carbocycles. The van der Waals surface area contributed by atoms with Gasteiger partial charge in [0.15, 0.2) is 30.6 Å². The number of nitrogens with one attached hydrogen (secondary N) is 2. The molecule has 33 heavy (non-hydrogen) atoms. The number of hydrogen-bond donors (Lipinski definition) is 2. The van der Waals surface area contributed by atoms with Crippen molar-refractivity contribution in [2.75, 3.05) is 36.8 Å². The van der Waals surface area contributed by atoms with Crippen LogP contribution < -0.4 is 10.6 Å². The molecule has 10 nitrogen and oxygen atoms in total. The van der Waals surface area contributed by atoms with E-state index >= 15 is 0 Å². The first-order chi connectivity index (χ1) is 15.5. The summed E-state index contributed by atoms with van der Waals surface area (Å²) < 4.78 is 55.1. The zero-order chi connectivity index (χ0) is 24.2. The number of nitrogens with zero attached hydrogens (tertiary/aromatic N) is 2. The second-order valence-electron chi connectivity index (χ2n) is 7.58. The minimum absolute atomic E-state index is 0.0166. The highest BCUT2D eigenvalue weighted by molar-refractivity contribution is 7.95. The van der Waals surface area contributed by atoms with Gasteiger partial charge in [-0.05, 0) is 30.7 Å². The first kappa shape index (κ1) is 25.1. The third kappa shape index (κ3) is 6.10. The molecular formula is C21H26N4O6S2. The van der Waals surface area contributed by atoms with Crippen molar-refractivity contribution in [2.24, 2.45) is 0 Å². The number of anilines is 2. The van der Waals surface area contributed by atoms with Gasteiger partial charge in [-0.3, -0.25) is 9.59 Å². The van der Waals surface area contributed by atoms with Crippen LogP contribution in [0.4, 0.5) is 11.4 Å². The third-order valence-electron chi connectivity index (χ3n) is 5.00. The fourth-order valence-corrected chi connectivity index (χ4v) is 6.56. The van der Waals surface area contributed by atoms with E-state index in [1.54, 1.807) is 12.1 Å². The van der Waals surface area contributed by atoms with Crippen LogP contribution in [0.1, 0.15) is 20.3 Å². The predicted octanol–water partition coefficient (Wildman–Crippen LogP) is 2.12. The van der Waals surface area contributed by atoms with Crippen molar-refractivity contribution in [1.82, 2.24) is 8.61 Å². The molecule has 2 aromatic rings. The summed E-state index contributed by atoms with van der Waals surface area (Å²) in [6.07, 6.45) is 0.315. The summed E-state index contributed by atoms with van der Waals surface area (Å²) in [5, 5.41) is 5.12. The fraction of sp³-hybridized carbons (Fsp3) is 0.333. The minimum Gasteiger partial charge on any atom is -0.593 e. The number of hydrogen-bond acceptors (Lipinski definition) is 6. The van der Waals surface area contributed by atoms with Gasteiger partial charge in [0.1, 0.15) is 0 Å². The van der Waals surface area contributed by atoms with Gasteiger partial charge in [0, 0.05) is 50.4 Å². The molecule has 0 spiro atoms. The van der Waals surface area contributed by atoms with Crippen LogP contribution in [0.25, 0.3) is 0 Å². The standard InChI is InChI=1S/C21H26N4O6S2/c1-16(26)22-18-6-3-8-20(14-18)32(28,29)24-10-5-11-25(13-12-24)33(30,31)21-9-4-7-19(15-21)23-17(2)27/h3-4,6-9,14-15H,5,10-13H2,1-2H3,(H2-2,22,23,26,27,28,29,30,31). The first-order valence-corrected chi connectivity index (χ1v) is 13.1. The highest BCUT2D eigenvalue weighted by atomic mass is 32.3. The summed E-state index contributed by atoms with van der Waals surface area (Å²) in [6.45, 7) is 2.94. The first-order valence-electron chi connectivity index (χ1n) is 10.3. The van der Waals surface area contributed by atoms with E-state index in [2.05, 4.69) is 10.6 Å². The van der Waals surface area contributed by atoms with E-state index in [0.29, 0.717) is 17.8 Å². The molecule has 1 aliphatic rings. The molecule has 2 unspecified atom stereocenters. The molecule has 3 rings (SSSR count). The van der Waals surface area contributed by atoms with E-state index in [-0.39, 0.29) is 47.8 Å². The van der Waals surface area contributed by atoms with Crippen LogP contribution in [0.15, 0.2) is 58.3 Å². The Morgan fingerprint density at radius 2 is 1.15 bits per heavy atom. The van der Waals surface area contributed by atoms with Crippen LogP contribution in [-0.4, -0.2) is 55.7 Å². The van der Waals surface area contributed by atoms with Gasteiger partial charge in [0.25, 0.3) is 0 Å². The molecule has 2 N–H and O–H groups in total. The molecule has 1 heterocycles. The monoisotopic (exact) mass is 494 g/mol. The Bertz CT molecular complexity index is 1050. The van der Waals surface area contributed by atoms with Gasteiger partial charge in [-0.2, -0.15) is 0 Å². The average Bonchev–Trinajstić information content (AvgIpc) is 3.01. The summed E-state index contributed by atoms with van der Waals surface area (Å²) in [5.74, 6) is -0.634. The Hall–Kier alpha value is -2.48. The molecule has 2 atom stereocenters. The zero-order valence-corrected chi connectivity index (χ0v) is 19.9. The van der Waals surface area contributed by atoms with Gasteiger partial charge in [0.05, 0.1) is 13.1 Å². The number of rotatable bonds is 6. The van der Waals surface area contributed by atoms with Crippen molar-refractivity contribution < 1.29 is 27.1 Å². The lowest BCUT2D eigenvalue weighted by atomic mass is 10.3. The van der Waals surface area contributed by atoms with Gasteiger partial charge in [-0.1, -0.05) is 20.6 Å². The summed E-state index contributed by atoms with van der Waals surface area (Å²) in [6, 6.07) is 11.9. The molecule has 0 radical (unpaired) electrons. The SMILES string of the molecule is CC(=O)Nc1cccc([S+](=O)([O-])N2CCCN([S+](=O)([O-])c3cccc(NC(C)=O)c3)CC2)c1. The van der Waals surface area contributed by atoms with E-state index in [9.17, 15) is 27.1 Å². The summed E-state index contributed by atoms with van der Waals surface area (Å²) in [7, 11) is -7.77. The Morgan fingerprint density at radius 3 is 1.52 bits per heavy atom. The van der Waals surface area contributed by atoms with Crippen LogP contribution in [0.2, 0.25) is 0 Å². The van der Waals surface area contributed by atoms with E-state index in [4.69, 9.17) is 0 Å². The maximum Gasteiger partial charge on any atom is 0.221 e. The van der Waals surface area contributed by atoms with Crippen molar-refractivity contribution in [1.29, 1.82) is 0 Å². The zero-order valence-electron chi connectivity index (χ0n) is 18.3. The number of amides is 2. The molecule has 178 valence electrons. The molecule has 2 amide bonds. The predicted molar refractivity (Wildman–Crippen MR) is 123 cm³/mol. The Labute approximate surface area is 195 Å². The second-order valence-corrected chi connectivity index (χ2v) is 11.5. The molecule has 1 fully saturated rings. The molecular weight excluding hydrogens is 468 g/mol. The van der Waals surface area contributed by atoms with Crippen LogP contribution in [-0.2, 0) is 38.8 Å². The highest BCUT2D eigenvalue weighted by Gasteiger charge is 2.37. The highest BCUT2D eigenvalue weighted by Crippen LogP contribution is 2.29. The lowest BCUT2D eigenvalue weighted by molar-refractivity contribution is -0.115. The van der Waals surface area contributed by atoms with Gasteiger partial charge in [-0.25, -0.2) is 0 Å². The molecule has 1 aliphatic heterocycles. The van der Waals surface area contributed by atoms with E-state index < -0.39 is 20.8 Å². The van der Waals surface area contributed by atoms with Gasteiger partial charge in [-0.15, -0.1) is 8.61 Å². The summed E-state index contributed by atoms with van der Waals surface area (Å²) in [5.41, 5.74) is 0.725. The number of benzene rings is 2. The third-order valence-corrected chi connectivity index (χ3v) is 8.79. The largest absolute Gasteiger partial charge is 0.593 e.